The van der Waals surface area contributed by atoms with Crippen molar-refractivity contribution < 1.29 is 18.6 Å². The van der Waals surface area contributed by atoms with Crippen LogP contribution in [0.15, 0.2) is 29.3 Å². The summed E-state index contributed by atoms with van der Waals surface area (Å²) in [7, 11) is 0. The Morgan fingerprint density at radius 3 is 2.44 bits per heavy atom. The van der Waals surface area contributed by atoms with E-state index in [1.54, 1.807) is 12.1 Å². The Morgan fingerprint density at radius 1 is 1.12 bits per heavy atom. The molecule has 0 aliphatic rings. The molecule has 0 spiro atoms. The number of aliphatic hydroxyl groups excluding tert-OH is 1. The van der Waals surface area contributed by atoms with Gasteiger partial charge >= 0.3 is 6.61 Å². The van der Waals surface area contributed by atoms with E-state index in [1.165, 1.54) is 31.4 Å². The van der Waals surface area contributed by atoms with E-state index in [1.807, 2.05) is 6.92 Å². The van der Waals surface area contributed by atoms with Crippen molar-refractivity contribution in [1.82, 2.24) is 10.6 Å². The summed E-state index contributed by atoms with van der Waals surface area (Å²) in [5.41, 5.74) is 0.601. The molecule has 5 nitrogen and oxygen atoms in total. The fourth-order valence-corrected chi connectivity index (χ4v) is 2.25. The molecule has 1 aromatic carbocycles. The number of nitrogens with zero attached hydrogens (tertiary/aromatic N) is 1. The molecule has 0 heterocycles. The molecule has 25 heavy (non-hydrogen) atoms. The van der Waals surface area contributed by atoms with Crippen molar-refractivity contribution >= 4 is 5.96 Å². The van der Waals surface area contributed by atoms with Crippen LogP contribution < -0.4 is 15.4 Å². The predicted molar refractivity (Wildman–Crippen MR) is 96.2 cm³/mol. The number of ether oxygens (including phenoxy) is 1. The van der Waals surface area contributed by atoms with Gasteiger partial charge in [0.1, 0.15) is 5.75 Å². The van der Waals surface area contributed by atoms with Gasteiger partial charge < -0.3 is 20.5 Å². The van der Waals surface area contributed by atoms with Crippen molar-refractivity contribution in [3.63, 3.8) is 0 Å². The van der Waals surface area contributed by atoms with E-state index in [9.17, 15) is 13.9 Å². The number of hydrogen-bond donors (Lipinski definition) is 3. The highest BCUT2D eigenvalue weighted by atomic mass is 19.3. The number of halogens is 2. The van der Waals surface area contributed by atoms with Gasteiger partial charge in [-0.25, -0.2) is 0 Å². The second kappa shape index (κ2) is 12.5. The van der Waals surface area contributed by atoms with Gasteiger partial charge in [0, 0.05) is 13.1 Å². The Kier molecular flexibility index (Phi) is 10.6. The van der Waals surface area contributed by atoms with Gasteiger partial charge in [-0.2, -0.15) is 8.78 Å². The summed E-state index contributed by atoms with van der Waals surface area (Å²) in [6, 6.07) is 5.93. The van der Waals surface area contributed by atoms with Crippen LogP contribution in [0.4, 0.5) is 8.78 Å². The molecule has 0 saturated carbocycles. The molecule has 0 bridgehead atoms. The summed E-state index contributed by atoms with van der Waals surface area (Å²) >= 11 is 0. The van der Waals surface area contributed by atoms with E-state index in [0.29, 0.717) is 11.5 Å². The third kappa shape index (κ3) is 9.24. The zero-order chi connectivity index (χ0) is 18.5. The zero-order valence-corrected chi connectivity index (χ0v) is 15.0. The molecule has 0 fully saturated rings. The van der Waals surface area contributed by atoms with E-state index in [2.05, 4.69) is 27.3 Å². The van der Waals surface area contributed by atoms with Crippen LogP contribution in [0, 0.1) is 0 Å². The summed E-state index contributed by atoms with van der Waals surface area (Å²) in [4.78, 5) is 4.37. The van der Waals surface area contributed by atoms with Crippen molar-refractivity contribution in [2.24, 2.45) is 4.99 Å². The molecule has 1 atom stereocenters. The molecular formula is C18H29F2N3O2. The number of rotatable bonds is 11. The Bertz CT molecular complexity index is 496. The molecule has 0 aromatic heterocycles. The average molecular weight is 357 g/mol. The smallest absolute Gasteiger partial charge is 0.387 e. The van der Waals surface area contributed by atoms with Crippen LogP contribution in [-0.4, -0.2) is 37.3 Å². The van der Waals surface area contributed by atoms with Crippen LogP contribution >= 0.6 is 0 Å². The normalized spacial score (nSPS) is 13.0. The first kappa shape index (κ1) is 21.2. The molecule has 7 heteroatoms. The van der Waals surface area contributed by atoms with Crippen molar-refractivity contribution in [3.05, 3.63) is 29.8 Å². The lowest BCUT2D eigenvalue weighted by molar-refractivity contribution is -0.0498. The van der Waals surface area contributed by atoms with E-state index in [0.717, 1.165) is 19.5 Å². The Labute approximate surface area is 148 Å². The molecule has 142 valence electrons. The van der Waals surface area contributed by atoms with Crippen molar-refractivity contribution in [1.29, 1.82) is 0 Å². The Balaban J connectivity index is 2.50. The van der Waals surface area contributed by atoms with E-state index >= 15 is 0 Å². The highest BCUT2D eigenvalue weighted by molar-refractivity contribution is 5.79. The summed E-state index contributed by atoms with van der Waals surface area (Å²) in [5, 5.41) is 16.6. The van der Waals surface area contributed by atoms with Gasteiger partial charge in [-0.15, -0.1) is 0 Å². The molecule has 0 radical (unpaired) electrons. The molecule has 0 aliphatic carbocycles. The van der Waals surface area contributed by atoms with Crippen molar-refractivity contribution in [2.45, 2.75) is 52.2 Å². The fraction of sp³-hybridized carbons (Fsp3) is 0.611. The molecule has 1 rings (SSSR count). The number of aliphatic imine (C=N–C) groups is 1. The number of unbranched alkanes of at least 4 members (excludes halogenated alkanes) is 3. The molecule has 0 amide bonds. The molecular weight excluding hydrogens is 328 g/mol. The summed E-state index contributed by atoms with van der Waals surface area (Å²) < 4.78 is 28.5. The number of nitrogens with one attached hydrogen (secondary N) is 2. The van der Waals surface area contributed by atoms with Gasteiger partial charge in [-0.1, -0.05) is 38.3 Å². The van der Waals surface area contributed by atoms with Gasteiger partial charge in [0.15, 0.2) is 5.96 Å². The standard InChI is InChI=1S/C18H29F2N3O2/c1-3-5-6-7-12-22-18(21-4-2)23-13-16(24)14-8-10-15(11-9-14)25-17(19)20/h8-11,16-17,24H,3-7,12-13H2,1-2H3,(H2,21,22,23). The maximum Gasteiger partial charge on any atom is 0.387 e. The number of hydrogen-bond acceptors (Lipinski definition) is 3. The molecule has 3 N–H and O–H groups in total. The summed E-state index contributed by atoms with van der Waals surface area (Å²) in [5.74, 6) is 0.729. The summed E-state index contributed by atoms with van der Waals surface area (Å²) in [6.07, 6.45) is 3.86. The third-order valence-electron chi connectivity index (χ3n) is 3.58. The van der Waals surface area contributed by atoms with Crippen LogP contribution in [0.5, 0.6) is 5.75 Å². The lowest BCUT2D eigenvalue weighted by Crippen LogP contribution is -2.38. The highest BCUT2D eigenvalue weighted by Crippen LogP contribution is 2.19. The van der Waals surface area contributed by atoms with Gasteiger partial charge in [-0.05, 0) is 31.0 Å². The van der Waals surface area contributed by atoms with Gasteiger partial charge in [0.25, 0.3) is 0 Å². The maximum absolute atomic E-state index is 12.1. The first-order valence-electron chi connectivity index (χ1n) is 8.81. The van der Waals surface area contributed by atoms with Gasteiger partial charge in [0.2, 0.25) is 0 Å². The van der Waals surface area contributed by atoms with Crippen molar-refractivity contribution in [3.8, 4) is 5.75 Å². The lowest BCUT2D eigenvalue weighted by Gasteiger charge is -2.13. The number of benzene rings is 1. The summed E-state index contributed by atoms with van der Waals surface area (Å²) in [6.45, 7) is 3.04. The van der Waals surface area contributed by atoms with E-state index in [4.69, 9.17) is 0 Å². The highest BCUT2D eigenvalue weighted by Gasteiger charge is 2.09. The minimum Gasteiger partial charge on any atom is -0.435 e. The SMILES string of the molecule is CCCCCCNC(=NCC(O)c1ccc(OC(F)F)cc1)NCC. The average Bonchev–Trinajstić information content (AvgIpc) is 2.59. The van der Waals surface area contributed by atoms with Crippen LogP contribution in [0.2, 0.25) is 0 Å². The molecule has 0 aliphatic heterocycles. The molecule has 0 saturated heterocycles. The third-order valence-corrected chi connectivity index (χ3v) is 3.58. The minimum absolute atomic E-state index is 0.0662. The lowest BCUT2D eigenvalue weighted by atomic mass is 10.1. The fourth-order valence-electron chi connectivity index (χ4n) is 2.25. The Morgan fingerprint density at radius 2 is 1.84 bits per heavy atom. The van der Waals surface area contributed by atoms with Crippen molar-refractivity contribution in [2.75, 3.05) is 19.6 Å². The van der Waals surface area contributed by atoms with Crippen LogP contribution in [0.1, 0.15) is 51.2 Å². The Hall–Kier alpha value is -1.89. The first-order valence-corrected chi connectivity index (χ1v) is 8.81. The molecule has 1 aromatic rings. The number of guanidine groups is 1. The molecule has 1 unspecified atom stereocenters. The van der Waals surface area contributed by atoms with Gasteiger partial charge in [-0.3, -0.25) is 4.99 Å². The monoisotopic (exact) mass is 357 g/mol. The van der Waals surface area contributed by atoms with E-state index < -0.39 is 12.7 Å². The van der Waals surface area contributed by atoms with Crippen LogP contribution in [0.25, 0.3) is 0 Å². The minimum atomic E-state index is -2.86. The largest absolute Gasteiger partial charge is 0.435 e. The topological polar surface area (TPSA) is 65.9 Å². The second-order valence-corrected chi connectivity index (χ2v) is 5.67. The first-order chi connectivity index (χ1) is 12.1. The van der Waals surface area contributed by atoms with Crippen LogP contribution in [-0.2, 0) is 0 Å². The van der Waals surface area contributed by atoms with Gasteiger partial charge in [0.05, 0.1) is 12.6 Å². The second-order valence-electron chi connectivity index (χ2n) is 5.67. The predicted octanol–water partition coefficient (Wildman–Crippen LogP) is 3.46. The zero-order valence-electron chi connectivity index (χ0n) is 15.0. The van der Waals surface area contributed by atoms with Crippen LogP contribution in [0.3, 0.4) is 0 Å². The quantitative estimate of drug-likeness (QED) is 0.322. The number of aliphatic hydroxyl groups is 1. The maximum atomic E-state index is 12.1. The van der Waals surface area contributed by atoms with E-state index in [-0.39, 0.29) is 12.3 Å². The number of alkyl halides is 2.